The van der Waals surface area contributed by atoms with Gasteiger partial charge in [0.05, 0.1) is 16.2 Å². The van der Waals surface area contributed by atoms with Gasteiger partial charge in [0.1, 0.15) is 0 Å². The largest absolute Gasteiger partial charge is 0.452 e. The topological polar surface area (TPSA) is 102 Å². The predicted octanol–water partition coefficient (Wildman–Crippen LogP) is 2.87. The maximum atomic E-state index is 12.3. The van der Waals surface area contributed by atoms with Crippen molar-refractivity contribution in [2.75, 3.05) is 37.9 Å². The summed E-state index contributed by atoms with van der Waals surface area (Å²) in [6, 6.07) is 13.9. The molecule has 8 nitrogen and oxygen atoms in total. The molecular weight excluding hydrogens is 394 g/mol. The molecule has 0 aliphatic rings. The van der Waals surface area contributed by atoms with Crippen molar-refractivity contribution in [1.29, 1.82) is 0 Å². The fraction of sp³-hybridized carbons (Fsp3) is 0.300. The van der Waals surface area contributed by atoms with Crippen LogP contribution in [0.3, 0.4) is 0 Å². The molecule has 0 spiro atoms. The van der Waals surface area contributed by atoms with Gasteiger partial charge >= 0.3 is 5.97 Å². The lowest BCUT2D eigenvalue weighted by molar-refractivity contribution is -0.384. The quantitative estimate of drug-likeness (QED) is 0.274. The molecule has 0 bridgehead atoms. The van der Waals surface area contributed by atoms with Crippen molar-refractivity contribution in [3.63, 3.8) is 0 Å². The van der Waals surface area contributed by atoms with Crippen molar-refractivity contribution in [3.05, 3.63) is 69.8 Å². The molecular formula is C20H23N3O5S. The molecule has 0 aromatic heterocycles. The number of amides is 1. The first-order chi connectivity index (χ1) is 13.9. The Morgan fingerprint density at radius 1 is 1.17 bits per heavy atom. The molecule has 0 fully saturated rings. The summed E-state index contributed by atoms with van der Waals surface area (Å²) in [6.07, 6.45) is 0. The van der Waals surface area contributed by atoms with Crippen molar-refractivity contribution >= 4 is 35.0 Å². The average Bonchev–Trinajstić information content (AvgIpc) is 2.71. The highest BCUT2D eigenvalue weighted by Gasteiger charge is 2.20. The number of hydrogen-bond acceptors (Lipinski definition) is 7. The molecule has 9 heteroatoms. The molecule has 2 aromatic carbocycles. The zero-order valence-electron chi connectivity index (χ0n) is 16.3. The third kappa shape index (κ3) is 7.11. The molecule has 2 aromatic rings. The van der Waals surface area contributed by atoms with Gasteiger partial charge in [0, 0.05) is 44.3 Å². The standard InChI is InChI=1S/C20H23N3O5S/c1-22(2)18-9-8-16(23(26)27)12-17(18)20(25)28-13-19(24)21-10-11-29-14-15-6-4-3-5-7-15/h3-9,12H,10-11,13-14H2,1-2H3,(H,21,24). The van der Waals surface area contributed by atoms with Gasteiger partial charge in [-0.05, 0) is 11.6 Å². The smallest absolute Gasteiger partial charge is 0.341 e. The molecule has 1 N–H and O–H groups in total. The molecule has 154 valence electrons. The molecule has 0 saturated heterocycles. The van der Waals surface area contributed by atoms with Crippen LogP contribution in [0.4, 0.5) is 11.4 Å². The number of anilines is 1. The molecule has 1 amide bonds. The van der Waals surface area contributed by atoms with Crippen LogP contribution in [0.5, 0.6) is 0 Å². The summed E-state index contributed by atoms with van der Waals surface area (Å²) in [6.45, 7) is 0.00534. The summed E-state index contributed by atoms with van der Waals surface area (Å²) in [4.78, 5) is 36.2. The molecule has 0 aliphatic heterocycles. The van der Waals surface area contributed by atoms with Crippen LogP contribution in [0.25, 0.3) is 0 Å². The minimum Gasteiger partial charge on any atom is -0.452 e. The fourth-order valence-corrected chi connectivity index (χ4v) is 3.30. The van der Waals surface area contributed by atoms with Crippen LogP contribution in [0, 0.1) is 10.1 Å². The highest BCUT2D eigenvalue weighted by Crippen LogP contribution is 2.24. The van der Waals surface area contributed by atoms with Crippen molar-refractivity contribution in [1.82, 2.24) is 5.32 Å². The zero-order valence-corrected chi connectivity index (χ0v) is 17.1. The van der Waals surface area contributed by atoms with E-state index >= 15 is 0 Å². The summed E-state index contributed by atoms with van der Waals surface area (Å²) in [5, 5.41) is 13.6. The maximum Gasteiger partial charge on any atom is 0.341 e. The van der Waals surface area contributed by atoms with E-state index in [0.717, 1.165) is 17.6 Å². The summed E-state index contributed by atoms with van der Waals surface area (Å²) >= 11 is 1.69. The number of nitro benzene ring substituents is 1. The molecule has 0 heterocycles. The van der Waals surface area contributed by atoms with Crippen LogP contribution < -0.4 is 10.2 Å². The Bertz CT molecular complexity index is 858. The second-order valence-electron chi connectivity index (χ2n) is 6.32. The van der Waals surface area contributed by atoms with Crippen LogP contribution in [0.1, 0.15) is 15.9 Å². The second kappa shape index (κ2) is 11.1. The first-order valence-electron chi connectivity index (χ1n) is 8.89. The van der Waals surface area contributed by atoms with E-state index in [1.807, 2.05) is 30.3 Å². The van der Waals surface area contributed by atoms with E-state index in [2.05, 4.69) is 5.32 Å². The van der Waals surface area contributed by atoms with Gasteiger partial charge < -0.3 is 15.0 Å². The van der Waals surface area contributed by atoms with Gasteiger partial charge in [-0.2, -0.15) is 11.8 Å². The lowest BCUT2D eigenvalue weighted by Crippen LogP contribution is -2.30. The number of non-ortho nitro benzene ring substituents is 1. The zero-order chi connectivity index (χ0) is 21.2. The van der Waals surface area contributed by atoms with E-state index in [1.165, 1.54) is 17.7 Å². The average molecular weight is 417 g/mol. The summed E-state index contributed by atoms with van der Waals surface area (Å²) in [5.74, 6) is 0.372. The van der Waals surface area contributed by atoms with Gasteiger partial charge in [0.2, 0.25) is 0 Å². The Hall–Kier alpha value is -3.07. The number of esters is 1. The third-order valence-corrected chi connectivity index (χ3v) is 4.94. The van der Waals surface area contributed by atoms with Gasteiger partial charge in [-0.1, -0.05) is 30.3 Å². The highest BCUT2D eigenvalue weighted by atomic mass is 32.2. The van der Waals surface area contributed by atoms with E-state index in [-0.39, 0.29) is 11.3 Å². The number of benzene rings is 2. The van der Waals surface area contributed by atoms with Crippen LogP contribution in [0.15, 0.2) is 48.5 Å². The first-order valence-corrected chi connectivity index (χ1v) is 10.0. The summed E-state index contributed by atoms with van der Waals surface area (Å²) in [7, 11) is 3.41. The summed E-state index contributed by atoms with van der Waals surface area (Å²) < 4.78 is 5.03. The SMILES string of the molecule is CN(C)c1ccc([N+](=O)[O-])cc1C(=O)OCC(=O)NCCSCc1ccccc1. The van der Waals surface area contributed by atoms with Gasteiger partial charge in [0.15, 0.2) is 6.61 Å². The highest BCUT2D eigenvalue weighted by molar-refractivity contribution is 7.98. The molecule has 2 rings (SSSR count). The molecule has 0 radical (unpaired) electrons. The van der Waals surface area contributed by atoms with E-state index < -0.39 is 23.4 Å². The van der Waals surface area contributed by atoms with E-state index in [9.17, 15) is 19.7 Å². The molecule has 0 unspecified atom stereocenters. The van der Waals surface area contributed by atoms with Gasteiger partial charge in [-0.25, -0.2) is 4.79 Å². The Balaban J connectivity index is 1.78. The lowest BCUT2D eigenvalue weighted by Gasteiger charge is -2.16. The number of nitro groups is 1. The third-order valence-electron chi connectivity index (χ3n) is 3.91. The Morgan fingerprint density at radius 3 is 2.55 bits per heavy atom. The fourth-order valence-electron chi connectivity index (χ4n) is 2.48. The van der Waals surface area contributed by atoms with Crippen molar-refractivity contribution in [3.8, 4) is 0 Å². The number of carbonyl (C=O) groups excluding carboxylic acids is 2. The predicted molar refractivity (Wildman–Crippen MR) is 113 cm³/mol. The number of hydrogen-bond donors (Lipinski definition) is 1. The van der Waals surface area contributed by atoms with Crippen LogP contribution in [-0.2, 0) is 15.3 Å². The minimum absolute atomic E-state index is 0.0374. The van der Waals surface area contributed by atoms with E-state index in [1.54, 1.807) is 30.8 Å². The Labute approximate surface area is 173 Å². The molecule has 0 saturated carbocycles. The van der Waals surface area contributed by atoms with Crippen LogP contribution in [-0.4, -0.2) is 49.8 Å². The number of rotatable bonds is 10. The number of nitrogens with zero attached hydrogens (tertiary/aromatic N) is 2. The van der Waals surface area contributed by atoms with Gasteiger partial charge in [0.25, 0.3) is 11.6 Å². The number of thioether (sulfide) groups is 1. The van der Waals surface area contributed by atoms with Gasteiger partial charge in [-0.3, -0.25) is 14.9 Å². The second-order valence-corrected chi connectivity index (χ2v) is 7.42. The van der Waals surface area contributed by atoms with Crippen molar-refractivity contribution in [2.45, 2.75) is 5.75 Å². The number of ether oxygens (including phenoxy) is 1. The lowest BCUT2D eigenvalue weighted by atomic mass is 10.1. The number of carbonyl (C=O) groups is 2. The minimum atomic E-state index is -0.786. The summed E-state index contributed by atoms with van der Waals surface area (Å²) in [5.41, 5.74) is 1.50. The van der Waals surface area contributed by atoms with E-state index in [0.29, 0.717) is 12.2 Å². The van der Waals surface area contributed by atoms with E-state index in [4.69, 9.17) is 4.74 Å². The molecule has 29 heavy (non-hydrogen) atoms. The van der Waals surface area contributed by atoms with Crippen molar-refractivity contribution in [2.24, 2.45) is 0 Å². The van der Waals surface area contributed by atoms with Crippen LogP contribution >= 0.6 is 11.8 Å². The Morgan fingerprint density at radius 2 is 1.90 bits per heavy atom. The van der Waals surface area contributed by atoms with Gasteiger partial charge in [-0.15, -0.1) is 0 Å². The maximum absolute atomic E-state index is 12.3. The van der Waals surface area contributed by atoms with Crippen LogP contribution in [0.2, 0.25) is 0 Å². The molecule has 0 atom stereocenters. The first kappa shape index (κ1) is 22.2. The van der Waals surface area contributed by atoms with Crippen molar-refractivity contribution < 1.29 is 19.2 Å². The molecule has 0 aliphatic carbocycles. The Kier molecular flexibility index (Phi) is 8.47. The monoisotopic (exact) mass is 417 g/mol. The normalized spacial score (nSPS) is 10.3. The number of nitrogens with one attached hydrogen (secondary N) is 1.